The molecule has 1 unspecified atom stereocenters. The first-order valence-electron chi connectivity index (χ1n) is 7.81. The molecule has 0 radical (unpaired) electrons. The summed E-state index contributed by atoms with van der Waals surface area (Å²) in [6.45, 7) is 3.53. The number of carbonyl (C=O) groups is 2. The molecule has 0 saturated carbocycles. The molecular weight excluding hydrogens is 302 g/mol. The van der Waals surface area contributed by atoms with Crippen LogP contribution in [-0.4, -0.2) is 52.2 Å². The maximum Gasteiger partial charge on any atom is 0.433 e. The smallest absolute Gasteiger partial charge is 0.395 e. The van der Waals surface area contributed by atoms with Gasteiger partial charge in [-0.1, -0.05) is 0 Å². The lowest BCUT2D eigenvalue weighted by atomic mass is 9.94. The number of hydrogen-bond acceptors (Lipinski definition) is 5. The molecule has 0 spiro atoms. The Balaban J connectivity index is 1.56. The Kier molecular flexibility index (Phi) is 4.06. The molecule has 8 heteroatoms. The van der Waals surface area contributed by atoms with Crippen molar-refractivity contribution >= 4 is 17.7 Å². The van der Waals surface area contributed by atoms with Crippen LogP contribution in [-0.2, 0) is 4.79 Å². The molecular formula is C15H19N3O5. The molecule has 1 aromatic rings. The quantitative estimate of drug-likeness (QED) is 0.623. The van der Waals surface area contributed by atoms with Gasteiger partial charge in [-0.3, -0.25) is 19.7 Å². The summed E-state index contributed by atoms with van der Waals surface area (Å²) in [5.41, 5.74) is 0. The highest BCUT2D eigenvalue weighted by atomic mass is 16.6. The van der Waals surface area contributed by atoms with Gasteiger partial charge in [0, 0.05) is 25.7 Å². The minimum Gasteiger partial charge on any atom is -0.395 e. The van der Waals surface area contributed by atoms with Gasteiger partial charge < -0.3 is 14.2 Å². The van der Waals surface area contributed by atoms with Gasteiger partial charge in [0.2, 0.25) is 5.91 Å². The van der Waals surface area contributed by atoms with Gasteiger partial charge in [0.05, 0.1) is 12.0 Å². The minimum atomic E-state index is -0.684. The highest BCUT2D eigenvalue weighted by molar-refractivity contribution is 5.94. The molecule has 2 amide bonds. The van der Waals surface area contributed by atoms with Crippen LogP contribution in [0.3, 0.4) is 0 Å². The summed E-state index contributed by atoms with van der Waals surface area (Å²) in [6, 6.07) is 2.71. The van der Waals surface area contributed by atoms with Gasteiger partial charge in [-0.2, -0.15) is 0 Å². The topological polar surface area (TPSA) is 96.9 Å². The molecule has 3 rings (SSSR count). The van der Waals surface area contributed by atoms with Gasteiger partial charge in [-0.15, -0.1) is 0 Å². The van der Waals surface area contributed by atoms with Crippen LogP contribution < -0.4 is 0 Å². The number of nitro groups is 1. The van der Waals surface area contributed by atoms with Crippen molar-refractivity contribution in [2.75, 3.05) is 19.6 Å². The SMILES string of the molecule is CC1CCCCN1C(=O)C1CN(C(=O)c2ccc([N+](=O)[O-])o2)C1. The molecule has 2 saturated heterocycles. The number of carbonyl (C=O) groups excluding carboxylic acids is 2. The van der Waals surface area contributed by atoms with E-state index < -0.39 is 16.7 Å². The van der Waals surface area contributed by atoms with Gasteiger partial charge in [0.15, 0.2) is 5.76 Å². The monoisotopic (exact) mass is 321 g/mol. The molecule has 2 aliphatic rings. The highest BCUT2D eigenvalue weighted by Gasteiger charge is 2.40. The molecule has 0 N–H and O–H groups in total. The molecule has 2 fully saturated rings. The van der Waals surface area contributed by atoms with Crippen LogP contribution in [0.5, 0.6) is 0 Å². The second-order valence-electron chi connectivity index (χ2n) is 6.18. The second kappa shape index (κ2) is 6.02. The summed E-state index contributed by atoms with van der Waals surface area (Å²) in [5.74, 6) is -0.998. The number of piperidine rings is 1. The average molecular weight is 321 g/mol. The van der Waals surface area contributed by atoms with Crippen LogP contribution in [0.25, 0.3) is 0 Å². The minimum absolute atomic E-state index is 0.0612. The number of rotatable bonds is 3. The number of nitrogens with zero attached hydrogens (tertiary/aromatic N) is 3. The van der Waals surface area contributed by atoms with Gasteiger partial charge in [-0.25, -0.2) is 0 Å². The van der Waals surface area contributed by atoms with Crippen LogP contribution in [0.1, 0.15) is 36.7 Å². The first-order chi connectivity index (χ1) is 11.0. The summed E-state index contributed by atoms with van der Waals surface area (Å²) < 4.78 is 4.91. The van der Waals surface area contributed by atoms with Crippen molar-refractivity contribution in [1.29, 1.82) is 0 Å². The maximum absolute atomic E-state index is 12.5. The van der Waals surface area contributed by atoms with Crippen molar-refractivity contribution in [3.05, 3.63) is 28.0 Å². The average Bonchev–Trinajstić information content (AvgIpc) is 2.96. The maximum atomic E-state index is 12.5. The fourth-order valence-corrected chi connectivity index (χ4v) is 3.16. The Bertz CT molecular complexity index is 635. The van der Waals surface area contributed by atoms with Crippen LogP contribution in [0.15, 0.2) is 16.5 Å². The Morgan fingerprint density at radius 3 is 2.65 bits per heavy atom. The summed E-state index contributed by atoms with van der Waals surface area (Å²) in [6.07, 6.45) is 3.20. The molecule has 2 aliphatic heterocycles. The van der Waals surface area contributed by atoms with Crippen molar-refractivity contribution in [3.63, 3.8) is 0 Å². The van der Waals surface area contributed by atoms with Crippen LogP contribution in [0, 0.1) is 16.0 Å². The molecule has 124 valence electrons. The third-order valence-corrected chi connectivity index (χ3v) is 4.59. The lowest BCUT2D eigenvalue weighted by Crippen LogP contribution is -2.58. The van der Waals surface area contributed by atoms with Crippen LogP contribution >= 0.6 is 0 Å². The Hall–Kier alpha value is -2.38. The highest BCUT2D eigenvalue weighted by Crippen LogP contribution is 2.26. The number of hydrogen-bond donors (Lipinski definition) is 0. The third kappa shape index (κ3) is 2.93. The predicted molar refractivity (Wildman–Crippen MR) is 79.8 cm³/mol. The molecule has 0 bridgehead atoms. The zero-order chi connectivity index (χ0) is 16.6. The summed E-state index contributed by atoms with van der Waals surface area (Å²) in [4.78, 5) is 37.9. The first-order valence-corrected chi connectivity index (χ1v) is 7.81. The van der Waals surface area contributed by atoms with E-state index in [4.69, 9.17) is 4.42 Å². The summed E-state index contributed by atoms with van der Waals surface area (Å²) >= 11 is 0. The molecule has 1 atom stereocenters. The van der Waals surface area contributed by atoms with E-state index in [2.05, 4.69) is 6.92 Å². The van der Waals surface area contributed by atoms with Gasteiger partial charge >= 0.3 is 5.88 Å². The molecule has 0 aliphatic carbocycles. The van der Waals surface area contributed by atoms with E-state index in [1.165, 1.54) is 11.0 Å². The lowest BCUT2D eigenvalue weighted by molar-refractivity contribution is -0.402. The zero-order valence-electron chi connectivity index (χ0n) is 12.9. The Morgan fingerprint density at radius 2 is 2.04 bits per heavy atom. The number of furan rings is 1. The van der Waals surface area contributed by atoms with Crippen LogP contribution in [0.4, 0.5) is 5.88 Å². The van der Waals surface area contributed by atoms with E-state index in [0.29, 0.717) is 13.1 Å². The van der Waals surface area contributed by atoms with E-state index >= 15 is 0 Å². The largest absolute Gasteiger partial charge is 0.433 e. The van der Waals surface area contributed by atoms with E-state index in [9.17, 15) is 19.7 Å². The van der Waals surface area contributed by atoms with Crippen LogP contribution in [0.2, 0.25) is 0 Å². The molecule has 3 heterocycles. The van der Waals surface area contributed by atoms with E-state index in [-0.39, 0.29) is 23.6 Å². The lowest BCUT2D eigenvalue weighted by Gasteiger charge is -2.43. The van der Waals surface area contributed by atoms with E-state index in [0.717, 1.165) is 31.9 Å². The Labute approximate surface area is 133 Å². The molecule has 1 aromatic heterocycles. The molecule has 8 nitrogen and oxygen atoms in total. The van der Waals surface area contributed by atoms with Gasteiger partial charge in [-0.05, 0) is 32.3 Å². The molecule has 23 heavy (non-hydrogen) atoms. The Morgan fingerprint density at radius 1 is 1.30 bits per heavy atom. The zero-order valence-corrected chi connectivity index (χ0v) is 12.9. The third-order valence-electron chi connectivity index (χ3n) is 4.59. The van der Waals surface area contributed by atoms with E-state index in [1.54, 1.807) is 0 Å². The summed E-state index contributed by atoms with van der Waals surface area (Å²) in [5, 5.41) is 10.6. The fourth-order valence-electron chi connectivity index (χ4n) is 3.16. The normalized spacial score (nSPS) is 21.9. The van der Waals surface area contributed by atoms with E-state index in [1.807, 2.05) is 4.90 Å². The van der Waals surface area contributed by atoms with Gasteiger partial charge in [0.25, 0.3) is 5.91 Å². The van der Waals surface area contributed by atoms with Crippen molar-refractivity contribution < 1.29 is 18.9 Å². The molecule has 0 aromatic carbocycles. The first kappa shape index (κ1) is 15.5. The second-order valence-corrected chi connectivity index (χ2v) is 6.18. The van der Waals surface area contributed by atoms with Crippen molar-refractivity contribution in [2.45, 2.75) is 32.2 Å². The van der Waals surface area contributed by atoms with Gasteiger partial charge in [0.1, 0.15) is 4.92 Å². The fraction of sp³-hybridized carbons (Fsp3) is 0.600. The van der Waals surface area contributed by atoms with Crippen molar-refractivity contribution in [2.24, 2.45) is 5.92 Å². The predicted octanol–water partition coefficient (Wildman–Crippen LogP) is 1.66. The standard InChI is InChI=1S/C15H19N3O5/c1-10-4-2-3-7-17(10)14(19)11-8-16(9-11)15(20)12-5-6-13(23-12)18(21)22/h5-6,10-11H,2-4,7-9H2,1H3. The summed E-state index contributed by atoms with van der Waals surface area (Å²) in [7, 11) is 0. The number of amides is 2. The number of likely N-dealkylation sites (tertiary alicyclic amines) is 2. The van der Waals surface area contributed by atoms with Crippen molar-refractivity contribution in [3.8, 4) is 0 Å². The van der Waals surface area contributed by atoms with Crippen molar-refractivity contribution in [1.82, 2.24) is 9.80 Å².